The van der Waals surface area contributed by atoms with Gasteiger partial charge in [0.1, 0.15) is 0 Å². The van der Waals surface area contributed by atoms with Crippen LogP contribution in [0.2, 0.25) is 23.2 Å². The van der Waals surface area contributed by atoms with Crippen molar-refractivity contribution >= 4 is 27.0 Å². The Labute approximate surface area is 209 Å². The van der Waals surface area contributed by atoms with Crippen LogP contribution in [0.25, 0.3) is 0 Å². The van der Waals surface area contributed by atoms with Crippen LogP contribution in [0.5, 0.6) is 0 Å². The van der Waals surface area contributed by atoms with Crippen LogP contribution in [0.15, 0.2) is 72.8 Å². The fraction of sp³-hybridized carbons (Fsp3) is 0.517. The second-order valence-electron chi connectivity index (χ2n) is 12.3. The maximum Gasteiger partial charge on any atom is 0.261 e. The molecule has 2 aromatic rings. The molecule has 0 aromatic heterocycles. The van der Waals surface area contributed by atoms with Gasteiger partial charge in [-0.25, -0.2) is 0 Å². The van der Waals surface area contributed by atoms with E-state index < -0.39 is 16.6 Å². The summed E-state index contributed by atoms with van der Waals surface area (Å²) < 4.78 is 14.2. The summed E-state index contributed by atoms with van der Waals surface area (Å²) in [6.07, 6.45) is 0.515. The molecule has 5 heteroatoms. The van der Waals surface area contributed by atoms with Gasteiger partial charge in [-0.05, 0) is 39.1 Å². The Morgan fingerprint density at radius 1 is 0.824 bits per heavy atom. The molecule has 0 radical (unpaired) electrons. The largest absolute Gasteiger partial charge is 0.410 e. The number of aliphatic hydroxyl groups excluding tert-OH is 1. The third-order valence-electron chi connectivity index (χ3n) is 7.97. The predicted molar refractivity (Wildman–Crippen MR) is 149 cm³/mol. The van der Waals surface area contributed by atoms with Gasteiger partial charge in [0.05, 0.1) is 18.8 Å². The molecule has 1 aliphatic carbocycles. The molecule has 3 rings (SSSR count). The van der Waals surface area contributed by atoms with Gasteiger partial charge in [-0.3, -0.25) is 0 Å². The lowest BCUT2D eigenvalue weighted by Crippen LogP contribution is -2.68. The van der Waals surface area contributed by atoms with Crippen molar-refractivity contribution in [1.29, 1.82) is 0 Å². The van der Waals surface area contributed by atoms with E-state index in [0.717, 1.165) is 12.0 Å². The van der Waals surface area contributed by atoms with Crippen molar-refractivity contribution in [2.45, 2.75) is 83.3 Å². The number of hydrogen-bond donors (Lipinski definition) is 1. The zero-order chi connectivity index (χ0) is 25.4. The van der Waals surface area contributed by atoms with Crippen molar-refractivity contribution in [2.24, 2.45) is 5.92 Å². The Kier molecular flexibility index (Phi) is 7.86. The maximum absolute atomic E-state index is 10.5. The van der Waals surface area contributed by atoms with Crippen molar-refractivity contribution in [3.63, 3.8) is 0 Å². The standard InChI is InChI=1S/C29H44O3Si2/c1-22-25(21-30)27(20-26(22)31-33(8,9)28(2,3)4)32-34(29(5,6)7,23-16-12-10-13-17-23)24-18-14-11-15-19-24/h10-19,25-27,30H,1,20-21H2,2-9H3/t25-,26+,27-/m0/s1. The molecule has 2 aromatic carbocycles. The smallest absolute Gasteiger partial charge is 0.261 e. The quantitative estimate of drug-likeness (QED) is 0.384. The zero-order valence-corrected chi connectivity index (χ0v) is 24.4. The highest BCUT2D eigenvalue weighted by molar-refractivity contribution is 6.99. The van der Waals surface area contributed by atoms with E-state index in [1.165, 1.54) is 10.4 Å². The number of rotatable bonds is 7. The molecule has 0 saturated heterocycles. The number of benzene rings is 2. The summed E-state index contributed by atoms with van der Waals surface area (Å²) in [5.74, 6) is -0.128. The first kappa shape index (κ1) is 27.1. The minimum absolute atomic E-state index is 0.0268. The van der Waals surface area contributed by atoms with E-state index in [4.69, 9.17) is 8.85 Å². The molecule has 0 spiro atoms. The molecule has 0 heterocycles. The van der Waals surface area contributed by atoms with Crippen molar-refractivity contribution in [3.05, 3.63) is 72.8 Å². The van der Waals surface area contributed by atoms with Crippen LogP contribution in [-0.2, 0) is 8.85 Å². The Morgan fingerprint density at radius 3 is 1.68 bits per heavy atom. The van der Waals surface area contributed by atoms with Gasteiger partial charge in [-0.2, -0.15) is 0 Å². The zero-order valence-electron chi connectivity index (χ0n) is 22.4. The summed E-state index contributed by atoms with van der Waals surface area (Å²) in [6.45, 7) is 22.7. The van der Waals surface area contributed by atoms with Crippen molar-refractivity contribution in [3.8, 4) is 0 Å². The maximum atomic E-state index is 10.5. The van der Waals surface area contributed by atoms with Crippen molar-refractivity contribution < 1.29 is 14.0 Å². The summed E-state index contributed by atoms with van der Waals surface area (Å²) in [5, 5.41) is 13.0. The van der Waals surface area contributed by atoms with E-state index in [0.29, 0.717) is 0 Å². The first-order valence-electron chi connectivity index (χ1n) is 12.5. The van der Waals surface area contributed by atoms with E-state index in [2.05, 4.69) is 122 Å². The third-order valence-corrected chi connectivity index (χ3v) is 17.5. The van der Waals surface area contributed by atoms with Gasteiger partial charge in [0.15, 0.2) is 8.32 Å². The highest BCUT2D eigenvalue weighted by Gasteiger charge is 2.54. The molecule has 34 heavy (non-hydrogen) atoms. The van der Waals surface area contributed by atoms with Crippen LogP contribution in [-0.4, -0.2) is 40.6 Å². The van der Waals surface area contributed by atoms with Gasteiger partial charge in [-0.1, -0.05) is 109 Å². The van der Waals surface area contributed by atoms with Crippen LogP contribution in [0, 0.1) is 5.92 Å². The molecule has 3 atom stereocenters. The monoisotopic (exact) mass is 496 g/mol. The van der Waals surface area contributed by atoms with E-state index >= 15 is 0 Å². The summed E-state index contributed by atoms with van der Waals surface area (Å²) in [5.41, 5.74) is 0.982. The molecular weight excluding hydrogens is 452 g/mol. The summed E-state index contributed by atoms with van der Waals surface area (Å²) in [4.78, 5) is 0. The molecule has 0 unspecified atom stereocenters. The highest BCUT2D eigenvalue weighted by Crippen LogP contribution is 2.45. The molecule has 1 N–H and O–H groups in total. The fourth-order valence-corrected chi connectivity index (χ4v) is 11.0. The van der Waals surface area contributed by atoms with Gasteiger partial charge < -0.3 is 14.0 Å². The SMILES string of the molecule is C=C1[C@H](O[Si](C)(C)C(C)(C)C)C[C@H](O[Si](c2ccccc2)(c2ccccc2)C(C)(C)C)[C@H]1CO. The van der Waals surface area contributed by atoms with E-state index in [1.807, 2.05) is 0 Å². The lowest BCUT2D eigenvalue weighted by Gasteiger charge is -2.45. The Hall–Kier alpha value is -1.51. The summed E-state index contributed by atoms with van der Waals surface area (Å²) >= 11 is 0. The molecule has 1 aliphatic rings. The average Bonchev–Trinajstić information content (AvgIpc) is 3.04. The molecular formula is C29H44O3Si2. The first-order valence-corrected chi connectivity index (χ1v) is 17.3. The average molecular weight is 497 g/mol. The predicted octanol–water partition coefficient (Wildman–Crippen LogP) is 5.89. The first-order chi connectivity index (χ1) is 15.7. The number of hydrogen-bond acceptors (Lipinski definition) is 3. The number of aliphatic hydroxyl groups is 1. The van der Waals surface area contributed by atoms with Gasteiger partial charge in [0.25, 0.3) is 8.32 Å². The summed E-state index contributed by atoms with van der Waals surface area (Å²) in [6, 6.07) is 21.4. The van der Waals surface area contributed by atoms with E-state index in [9.17, 15) is 5.11 Å². The third kappa shape index (κ3) is 5.05. The molecule has 1 fully saturated rings. The Bertz CT molecular complexity index is 919. The lowest BCUT2D eigenvalue weighted by atomic mass is 10.0. The molecule has 186 valence electrons. The van der Waals surface area contributed by atoms with Crippen LogP contribution >= 0.6 is 0 Å². The van der Waals surface area contributed by atoms with Crippen LogP contribution in [0.1, 0.15) is 48.0 Å². The van der Waals surface area contributed by atoms with Gasteiger partial charge in [-0.15, -0.1) is 0 Å². The van der Waals surface area contributed by atoms with Gasteiger partial charge in [0.2, 0.25) is 0 Å². The lowest BCUT2D eigenvalue weighted by molar-refractivity contribution is 0.106. The Morgan fingerprint density at radius 2 is 1.29 bits per heavy atom. The molecule has 1 saturated carbocycles. The minimum Gasteiger partial charge on any atom is -0.410 e. The van der Waals surface area contributed by atoms with Gasteiger partial charge >= 0.3 is 0 Å². The molecule has 0 bridgehead atoms. The second kappa shape index (κ2) is 9.86. The highest BCUT2D eigenvalue weighted by atomic mass is 28.4. The van der Waals surface area contributed by atoms with Crippen molar-refractivity contribution in [1.82, 2.24) is 0 Å². The fourth-order valence-electron chi connectivity index (χ4n) is 4.94. The van der Waals surface area contributed by atoms with Crippen LogP contribution in [0.4, 0.5) is 0 Å². The second-order valence-corrected chi connectivity index (χ2v) is 21.3. The minimum atomic E-state index is -2.72. The van der Waals surface area contributed by atoms with Crippen LogP contribution in [0.3, 0.4) is 0 Å². The molecule has 0 amide bonds. The molecule has 0 aliphatic heterocycles. The van der Waals surface area contributed by atoms with E-state index in [1.54, 1.807) is 0 Å². The summed E-state index contributed by atoms with van der Waals surface area (Å²) in [7, 11) is -4.72. The Balaban J connectivity index is 2.07. The normalized spacial score (nSPS) is 22.3. The van der Waals surface area contributed by atoms with Crippen LogP contribution < -0.4 is 10.4 Å². The molecule has 3 nitrogen and oxygen atoms in total. The van der Waals surface area contributed by atoms with Crippen molar-refractivity contribution in [2.75, 3.05) is 6.61 Å². The van der Waals surface area contributed by atoms with E-state index in [-0.39, 0.29) is 34.8 Å². The van der Waals surface area contributed by atoms with Gasteiger partial charge in [0, 0.05) is 12.3 Å². The topological polar surface area (TPSA) is 38.7 Å².